The minimum atomic E-state index is -0.208. The van der Waals surface area contributed by atoms with Gasteiger partial charge in [0.2, 0.25) is 0 Å². The minimum absolute atomic E-state index is 0.132. The van der Waals surface area contributed by atoms with Crippen LogP contribution in [-0.2, 0) is 22.6 Å². The number of hydrogen-bond donors (Lipinski definition) is 1. The second-order valence-corrected chi connectivity index (χ2v) is 3.93. The molecule has 1 aromatic carbocycles. The van der Waals surface area contributed by atoms with E-state index in [1.807, 2.05) is 13.1 Å². The summed E-state index contributed by atoms with van der Waals surface area (Å²) in [5, 5.41) is 3.03. The van der Waals surface area contributed by atoms with Gasteiger partial charge in [-0.1, -0.05) is 6.07 Å². The van der Waals surface area contributed by atoms with Gasteiger partial charge in [-0.15, -0.1) is 0 Å². The molecule has 1 N–H and O–H groups in total. The second-order valence-electron chi connectivity index (χ2n) is 3.93. The quantitative estimate of drug-likeness (QED) is 0.823. The van der Waals surface area contributed by atoms with Crippen LogP contribution in [0.2, 0.25) is 0 Å². The molecule has 88 valence electrons. The average molecular weight is 225 g/mol. The van der Waals surface area contributed by atoms with E-state index in [4.69, 9.17) is 9.47 Å². The Morgan fingerprint density at radius 2 is 2.31 bits per heavy atom. The van der Waals surface area contributed by atoms with Crippen LogP contribution in [0.4, 0.5) is 4.39 Å². The van der Waals surface area contributed by atoms with Crippen molar-refractivity contribution in [1.29, 1.82) is 0 Å². The predicted molar refractivity (Wildman–Crippen MR) is 58.6 cm³/mol. The van der Waals surface area contributed by atoms with E-state index >= 15 is 0 Å². The lowest BCUT2D eigenvalue weighted by Crippen LogP contribution is -2.35. The van der Waals surface area contributed by atoms with E-state index in [0.717, 1.165) is 12.1 Å². The first-order chi connectivity index (χ1) is 7.79. The number of nitrogens with one attached hydrogen (secondary N) is 1. The van der Waals surface area contributed by atoms with E-state index in [0.29, 0.717) is 25.4 Å². The molecule has 0 unspecified atom stereocenters. The summed E-state index contributed by atoms with van der Waals surface area (Å²) in [4.78, 5) is 0. The standard InChI is InChI=1S/C12H16FNO2/c1-14-5-9-2-3-12(13)10(4-9)6-16-11-7-15-8-11/h2-4,11,14H,5-8H2,1H3. The fraction of sp³-hybridized carbons (Fsp3) is 0.500. The van der Waals surface area contributed by atoms with Gasteiger partial charge in [0.15, 0.2) is 0 Å². The van der Waals surface area contributed by atoms with Crippen molar-refractivity contribution in [3.63, 3.8) is 0 Å². The zero-order valence-electron chi connectivity index (χ0n) is 9.33. The molecule has 1 saturated heterocycles. The van der Waals surface area contributed by atoms with Gasteiger partial charge in [-0.2, -0.15) is 0 Å². The van der Waals surface area contributed by atoms with Crippen LogP contribution in [0, 0.1) is 5.82 Å². The summed E-state index contributed by atoms with van der Waals surface area (Å²) in [6.07, 6.45) is 0.132. The van der Waals surface area contributed by atoms with Gasteiger partial charge in [-0.05, 0) is 24.7 Å². The van der Waals surface area contributed by atoms with Crippen LogP contribution in [0.5, 0.6) is 0 Å². The van der Waals surface area contributed by atoms with Gasteiger partial charge in [0.05, 0.1) is 19.8 Å². The van der Waals surface area contributed by atoms with E-state index in [-0.39, 0.29) is 11.9 Å². The minimum Gasteiger partial charge on any atom is -0.376 e. The maximum Gasteiger partial charge on any atom is 0.128 e. The Kier molecular flexibility index (Phi) is 3.88. The van der Waals surface area contributed by atoms with Gasteiger partial charge < -0.3 is 14.8 Å². The molecule has 16 heavy (non-hydrogen) atoms. The molecular weight excluding hydrogens is 209 g/mol. The summed E-state index contributed by atoms with van der Waals surface area (Å²) in [6, 6.07) is 5.11. The van der Waals surface area contributed by atoms with Crippen molar-refractivity contribution in [2.24, 2.45) is 0 Å². The molecule has 0 atom stereocenters. The highest BCUT2D eigenvalue weighted by molar-refractivity contribution is 5.24. The lowest BCUT2D eigenvalue weighted by atomic mass is 10.1. The van der Waals surface area contributed by atoms with E-state index < -0.39 is 0 Å². The predicted octanol–water partition coefficient (Wildman–Crippen LogP) is 1.46. The molecule has 0 amide bonds. The Labute approximate surface area is 94.6 Å². The topological polar surface area (TPSA) is 30.5 Å². The molecule has 0 aliphatic carbocycles. The van der Waals surface area contributed by atoms with E-state index in [1.54, 1.807) is 6.07 Å². The normalized spacial score (nSPS) is 16.1. The van der Waals surface area contributed by atoms with E-state index in [1.165, 1.54) is 6.07 Å². The monoisotopic (exact) mass is 225 g/mol. The third kappa shape index (κ3) is 2.78. The molecule has 4 heteroatoms. The molecule has 1 fully saturated rings. The third-order valence-corrected chi connectivity index (χ3v) is 2.57. The molecule has 0 bridgehead atoms. The first kappa shape index (κ1) is 11.5. The highest BCUT2D eigenvalue weighted by atomic mass is 19.1. The van der Waals surface area contributed by atoms with Gasteiger partial charge in [0, 0.05) is 12.1 Å². The fourth-order valence-electron chi connectivity index (χ4n) is 1.57. The van der Waals surface area contributed by atoms with Crippen LogP contribution in [0.25, 0.3) is 0 Å². The van der Waals surface area contributed by atoms with Crippen molar-refractivity contribution in [2.45, 2.75) is 19.3 Å². The average Bonchev–Trinajstić information content (AvgIpc) is 2.21. The smallest absolute Gasteiger partial charge is 0.128 e. The van der Waals surface area contributed by atoms with Gasteiger partial charge in [-0.25, -0.2) is 4.39 Å². The van der Waals surface area contributed by atoms with Crippen LogP contribution < -0.4 is 5.32 Å². The molecule has 1 aliphatic heterocycles. The van der Waals surface area contributed by atoms with Crippen molar-refractivity contribution in [2.75, 3.05) is 20.3 Å². The molecule has 0 saturated carbocycles. The molecule has 0 radical (unpaired) electrons. The van der Waals surface area contributed by atoms with Crippen LogP contribution >= 0.6 is 0 Å². The van der Waals surface area contributed by atoms with Gasteiger partial charge in [0.1, 0.15) is 11.9 Å². The van der Waals surface area contributed by atoms with Crippen molar-refractivity contribution in [1.82, 2.24) is 5.32 Å². The number of rotatable bonds is 5. The number of halogens is 1. The summed E-state index contributed by atoms with van der Waals surface area (Å²) in [5.74, 6) is -0.208. The molecule has 1 heterocycles. The highest BCUT2D eigenvalue weighted by Crippen LogP contribution is 2.14. The van der Waals surface area contributed by atoms with Crippen LogP contribution in [0.3, 0.4) is 0 Å². The zero-order chi connectivity index (χ0) is 11.4. The van der Waals surface area contributed by atoms with E-state index in [9.17, 15) is 4.39 Å². The van der Waals surface area contributed by atoms with Crippen molar-refractivity contribution >= 4 is 0 Å². The molecule has 1 aromatic rings. The van der Waals surface area contributed by atoms with Gasteiger partial charge in [-0.3, -0.25) is 0 Å². The second kappa shape index (κ2) is 5.39. The van der Waals surface area contributed by atoms with Crippen LogP contribution in [-0.4, -0.2) is 26.4 Å². The maximum absolute atomic E-state index is 13.5. The first-order valence-electron chi connectivity index (χ1n) is 5.41. The van der Waals surface area contributed by atoms with E-state index in [2.05, 4.69) is 5.32 Å². The molecule has 3 nitrogen and oxygen atoms in total. The summed E-state index contributed by atoms with van der Waals surface area (Å²) in [7, 11) is 1.87. The summed E-state index contributed by atoms with van der Waals surface area (Å²) >= 11 is 0. The Hall–Kier alpha value is -0.970. The fourth-order valence-corrected chi connectivity index (χ4v) is 1.57. The first-order valence-corrected chi connectivity index (χ1v) is 5.41. The SMILES string of the molecule is CNCc1ccc(F)c(COC2COC2)c1. The van der Waals surface area contributed by atoms with Crippen LogP contribution in [0.15, 0.2) is 18.2 Å². The maximum atomic E-state index is 13.5. The summed E-state index contributed by atoms with van der Waals surface area (Å²) in [6.45, 7) is 2.30. The van der Waals surface area contributed by atoms with Crippen molar-refractivity contribution in [3.05, 3.63) is 35.1 Å². The lowest BCUT2D eigenvalue weighted by molar-refractivity contribution is -0.135. The molecule has 0 aromatic heterocycles. The van der Waals surface area contributed by atoms with Crippen molar-refractivity contribution < 1.29 is 13.9 Å². The number of ether oxygens (including phenoxy) is 2. The number of benzene rings is 1. The third-order valence-electron chi connectivity index (χ3n) is 2.57. The van der Waals surface area contributed by atoms with Gasteiger partial charge in [0.25, 0.3) is 0 Å². The Bertz CT molecular complexity index is 353. The van der Waals surface area contributed by atoms with Crippen LogP contribution in [0.1, 0.15) is 11.1 Å². The molecule has 1 aliphatic rings. The largest absolute Gasteiger partial charge is 0.376 e. The lowest BCUT2D eigenvalue weighted by Gasteiger charge is -2.26. The highest BCUT2D eigenvalue weighted by Gasteiger charge is 2.19. The number of hydrogen-bond acceptors (Lipinski definition) is 3. The van der Waals surface area contributed by atoms with Gasteiger partial charge >= 0.3 is 0 Å². The molecular formula is C12H16FNO2. The summed E-state index contributed by atoms with van der Waals surface area (Å²) in [5.41, 5.74) is 1.67. The Morgan fingerprint density at radius 3 is 2.94 bits per heavy atom. The zero-order valence-corrected chi connectivity index (χ0v) is 9.33. The Morgan fingerprint density at radius 1 is 1.50 bits per heavy atom. The Balaban J connectivity index is 1.96. The summed E-state index contributed by atoms with van der Waals surface area (Å²) < 4.78 is 23.9. The van der Waals surface area contributed by atoms with Crippen molar-refractivity contribution in [3.8, 4) is 0 Å². The molecule has 2 rings (SSSR count). The molecule has 0 spiro atoms.